The third-order valence-corrected chi connectivity index (χ3v) is 27.2. The van der Waals surface area contributed by atoms with Crippen molar-refractivity contribution in [2.24, 2.45) is 0 Å². The molecule has 0 radical (unpaired) electrons. The number of hydrogen-bond donors (Lipinski definition) is 0. The molecule has 1 aromatic carbocycles. The molecule has 0 saturated carbocycles. The first-order valence-corrected chi connectivity index (χ1v) is 22.4. The van der Waals surface area contributed by atoms with Gasteiger partial charge in [0.15, 0.2) is 0 Å². The molecule has 0 amide bonds. The van der Waals surface area contributed by atoms with Crippen LogP contribution in [0.2, 0.25) is 3.17 Å². The van der Waals surface area contributed by atoms with Crippen LogP contribution in [-0.4, -0.2) is 0 Å². The van der Waals surface area contributed by atoms with Crippen LogP contribution in [0.3, 0.4) is 0 Å². The summed E-state index contributed by atoms with van der Waals surface area (Å²) in [7, 11) is 15.1. The Kier molecular flexibility index (Phi) is 5.21. The van der Waals surface area contributed by atoms with E-state index in [1.807, 2.05) is 0 Å². The Bertz CT molecular complexity index is 759. The summed E-state index contributed by atoms with van der Waals surface area (Å²) in [5, 5.41) is 0. The van der Waals surface area contributed by atoms with Crippen molar-refractivity contribution in [3.05, 3.63) is 64.8 Å². The van der Waals surface area contributed by atoms with Crippen LogP contribution >= 0.6 is 17.2 Å². The van der Waals surface area contributed by atoms with Crippen molar-refractivity contribution in [1.82, 2.24) is 0 Å². The summed E-state index contributed by atoms with van der Waals surface area (Å²) in [6, 6.07) is 8.67. The zero-order chi connectivity index (χ0) is 17.5. The number of benzene rings is 1. The van der Waals surface area contributed by atoms with Crippen LogP contribution in [0.25, 0.3) is 6.08 Å². The van der Waals surface area contributed by atoms with Crippen LogP contribution in [0.15, 0.2) is 53.6 Å². The molecular weight excluding hydrogens is 514 g/mol. The topological polar surface area (TPSA) is 0 Å². The van der Waals surface area contributed by atoms with Gasteiger partial charge in [-0.05, 0) is 0 Å². The monoisotopic (exact) mass is 540 g/mol. The Morgan fingerprint density at radius 2 is 1.92 bits per heavy atom. The molecular formula is C22H26Cl2Hf. The van der Waals surface area contributed by atoms with E-state index in [1.165, 1.54) is 49.7 Å². The van der Waals surface area contributed by atoms with Crippen molar-refractivity contribution in [2.75, 3.05) is 0 Å². The van der Waals surface area contributed by atoms with E-state index in [4.69, 9.17) is 17.2 Å². The summed E-state index contributed by atoms with van der Waals surface area (Å²) in [6.45, 7) is 2.27. The number of allylic oxidation sites excluding steroid dienone is 5. The summed E-state index contributed by atoms with van der Waals surface area (Å²) in [4.78, 5) is 0. The van der Waals surface area contributed by atoms with Crippen LogP contribution in [0.4, 0.5) is 0 Å². The molecule has 2 unspecified atom stereocenters. The van der Waals surface area contributed by atoms with Gasteiger partial charge in [0, 0.05) is 0 Å². The van der Waals surface area contributed by atoms with Gasteiger partial charge in [0.2, 0.25) is 0 Å². The molecule has 0 saturated heterocycles. The Morgan fingerprint density at radius 3 is 2.76 bits per heavy atom. The minimum atomic E-state index is -3.76. The van der Waals surface area contributed by atoms with Crippen molar-refractivity contribution in [2.45, 2.75) is 58.7 Å². The summed E-state index contributed by atoms with van der Waals surface area (Å²) >= 11 is -3.76. The quantitative estimate of drug-likeness (QED) is 0.333. The van der Waals surface area contributed by atoms with Crippen LogP contribution in [0, 0.1) is 0 Å². The van der Waals surface area contributed by atoms with Gasteiger partial charge < -0.3 is 0 Å². The first-order chi connectivity index (χ1) is 12.1. The fourth-order valence-corrected chi connectivity index (χ4v) is 23.5. The summed E-state index contributed by atoms with van der Waals surface area (Å²) < 4.78 is 0.260. The molecule has 0 fully saturated rings. The van der Waals surface area contributed by atoms with Crippen molar-refractivity contribution in [3.63, 3.8) is 0 Å². The Labute approximate surface area is 163 Å². The molecule has 0 heterocycles. The van der Waals surface area contributed by atoms with Crippen molar-refractivity contribution in [1.29, 1.82) is 0 Å². The fourth-order valence-electron chi connectivity index (χ4n) is 4.98. The van der Waals surface area contributed by atoms with Gasteiger partial charge in [0.25, 0.3) is 0 Å². The summed E-state index contributed by atoms with van der Waals surface area (Å²) in [5.74, 6) is 0. The summed E-state index contributed by atoms with van der Waals surface area (Å²) in [6.07, 6.45) is 18.0. The Hall–Kier alpha value is -0.110. The molecule has 4 rings (SSSR count). The van der Waals surface area contributed by atoms with E-state index in [0.717, 1.165) is 6.42 Å². The van der Waals surface area contributed by atoms with E-state index in [1.54, 1.807) is 11.1 Å². The fraction of sp³-hybridized carbons (Fsp3) is 0.455. The predicted octanol–water partition coefficient (Wildman–Crippen LogP) is 8.01. The standard InChI is InChI=1S/C13H19.C9H7.2ClH.Hf/c1-2-3-6-11-9-10-12-7-4-5-8-13(11)12;1-2-5-9-7-3-6-8(9)4-1;;;/h9-10H,2-8H2,1H3;1-7H;2*1H;/q;;;;+2/p-2. The summed E-state index contributed by atoms with van der Waals surface area (Å²) in [5.41, 5.74) is 5.85. The Morgan fingerprint density at radius 1 is 1.12 bits per heavy atom. The normalized spacial score (nSPS) is 27.7. The van der Waals surface area contributed by atoms with Crippen molar-refractivity contribution >= 4 is 23.2 Å². The molecule has 0 spiro atoms. The van der Waals surface area contributed by atoms with E-state index >= 15 is 0 Å². The van der Waals surface area contributed by atoms with E-state index in [2.05, 4.69) is 55.5 Å². The number of unbranched alkanes of at least 4 members (excludes halogenated alkanes) is 1. The Balaban J connectivity index is 1.79. The maximum absolute atomic E-state index is 7.54. The maximum atomic E-state index is 7.54. The average Bonchev–Trinajstić information content (AvgIpc) is 3.23. The van der Waals surface area contributed by atoms with Gasteiger partial charge in [-0.3, -0.25) is 0 Å². The third-order valence-electron chi connectivity index (χ3n) is 6.33. The second-order valence-electron chi connectivity index (χ2n) is 7.71. The molecule has 0 N–H and O–H groups in total. The van der Waals surface area contributed by atoms with Gasteiger partial charge in [0.1, 0.15) is 0 Å². The molecule has 1 aromatic rings. The number of halogens is 2. The molecule has 3 aliphatic rings. The average molecular weight is 540 g/mol. The second kappa shape index (κ2) is 7.13. The first kappa shape index (κ1) is 18.3. The van der Waals surface area contributed by atoms with Crippen LogP contribution in [0.5, 0.6) is 0 Å². The predicted molar refractivity (Wildman–Crippen MR) is 107 cm³/mol. The van der Waals surface area contributed by atoms with Crippen LogP contribution in [-0.2, 0) is 17.6 Å². The number of hydrogen-bond acceptors (Lipinski definition) is 0. The van der Waals surface area contributed by atoms with Crippen molar-refractivity contribution in [3.8, 4) is 0 Å². The molecule has 3 aliphatic carbocycles. The van der Waals surface area contributed by atoms with E-state index in [9.17, 15) is 0 Å². The van der Waals surface area contributed by atoms with Crippen LogP contribution < -0.4 is 0 Å². The molecule has 3 heteroatoms. The molecule has 2 atom stereocenters. The zero-order valence-corrected chi connectivity index (χ0v) is 20.0. The third kappa shape index (κ3) is 2.89. The molecule has 0 aliphatic heterocycles. The zero-order valence-electron chi connectivity index (χ0n) is 14.9. The van der Waals surface area contributed by atoms with Gasteiger partial charge in [0.05, 0.1) is 0 Å². The second-order valence-corrected chi connectivity index (χ2v) is 29.0. The molecule has 0 bridgehead atoms. The van der Waals surface area contributed by atoms with Gasteiger partial charge in [-0.25, -0.2) is 0 Å². The number of rotatable bonds is 5. The minimum absolute atomic E-state index is 0.00562. The molecule has 25 heavy (non-hydrogen) atoms. The van der Waals surface area contributed by atoms with Crippen molar-refractivity contribution < 1.29 is 17.6 Å². The molecule has 0 aromatic heterocycles. The van der Waals surface area contributed by atoms with Gasteiger partial charge >= 0.3 is 164 Å². The van der Waals surface area contributed by atoms with E-state index in [0.29, 0.717) is 0 Å². The van der Waals surface area contributed by atoms with Gasteiger partial charge in [-0.15, -0.1) is 0 Å². The van der Waals surface area contributed by atoms with Crippen LogP contribution in [0.1, 0.15) is 66.7 Å². The molecule has 0 nitrogen and oxygen atoms in total. The SMILES string of the molecule is CCCC[C]1([Hf]([Cl])([Cl])[CH]2C=Cc3ccccc32)C=CC2=C1CCCC2. The van der Waals surface area contributed by atoms with E-state index < -0.39 is 17.6 Å². The first-order valence-electron chi connectivity index (χ1n) is 9.67. The van der Waals surface area contributed by atoms with E-state index in [-0.39, 0.29) is 6.85 Å². The van der Waals surface area contributed by atoms with Gasteiger partial charge in [-0.2, -0.15) is 0 Å². The number of fused-ring (bicyclic) bond motifs is 1. The molecule has 132 valence electrons. The van der Waals surface area contributed by atoms with Gasteiger partial charge in [-0.1, -0.05) is 0 Å².